The minimum Gasteiger partial charge on any atom is -0.379 e. The fourth-order valence-corrected chi connectivity index (χ4v) is 3.90. The Morgan fingerprint density at radius 2 is 1.75 bits per heavy atom. The molecule has 4 rings (SSSR count). The Labute approximate surface area is 190 Å². The first-order valence-corrected chi connectivity index (χ1v) is 11.1. The summed E-state index contributed by atoms with van der Waals surface area (Å²) in [5, 5.41) is 6.90. The van der Waals surface area contributed by atoms with Crippen LogP contribution in [0.4, 0.5) is 0 Å². The summed E-state index contributed by atoms with van der Waals surface area (Å²) in [6, 6.07) is 17.2. The van der Waals surface area contributed by atoms with Crippen molar-refractivity contribution in [1.82, 2.24) is 25.1 Å². The summed E-state index contributed by atoms with van der Waals surface area (Å²) in [6.07, 6.45) is 5.63. The highest BCUT2D eigenvalue weighted by Gasteiger charge is 2.12. The van der Waals surface area contributed by atoms with Crippen LogP contribution < -0.4 is 10.6 Å². The maximum atomic E-state index is 5.48. The monoisotopic (exact) mass is 432 g/mol. The average molecular weight is 433 g/mol. The van der Waals surface area contributed by atoms with Gasteiger partial charge in [-0.2, -0.15) is 0 Å². The van der Waals surface area contributed by atoms with Crippen molar-refractivity contribution in [2.45, 2.75) is 26.2 Å². The summed E-state index contributed by atoms with van der Waals surface area (Å²) in [6.45, 7) is 6.85. The summed E-state index contributed by atoms with van der Waals surface area (Å²) in [4.78, 5) is 11.0. The van der Waals surface area contributed by atoms with Gasteiger partial charge in [-0.25, -0.2) is 4.98 Å². The van der Waals surface area contributed by atoms with Crippen LogP contribution in [0.3, 0.4) is 0 Å². The number of ether oxygens (including phenoxy) is 1. The van der Waals surface area contributed by atoms with Crippen LogP contribution in [0.5, 0.6) is 0 Å². The molecule has 1 aliphatic heterocycles. The molecule has 1 aliphatic rings. The molecule has 168 valence electrons. The van der Waals surface area contributed by atoms with Crippen LogP contribution in [0.2, 0.25) is 0 Å². The van der Waals surface area contributed by atoms with Gasteiger partial charge >= 0.3 is 0 Å². The van der Waals surface area contributed by atoms with Crippen molar-refractivity contribution in [3.05, 3.63) is 89.5 Å². The Balaban J connectivity index is 1.30. The van der Waals surface area contributed by atoms with Gasteiger partial charge in [0, 0.05) is 58.7 Å². The highest BCUT2D eigenvalue weighted by molar-refractivity contribution is 5.79. The molecule has 2 aromatic carbocycles. The second kappa shape index (κ2) is 11.5. The van der Waals surface area contributed by atoms with E-state index < -0.39 is 0 Å². The van der Waals surface area contributed by atoms with Crippen molar-refractivity contribution in [2.75, 3.05) is 33.4 Å². The average Bonchev–Trinajstić information content (AvgIpc) is 3.34. The molecular weight excluding hydrogens is 400 g/mol. The van der Waals surface area contributed by atoms with Crippen LogP contribution in [0.25, 0.3) is 0 Å². The van der Waals surface area contributed by atoms with E-state index in [1.807, 2.05) is 19.6 Å². The van der Waals surface area contributed by atoms with Crippen molar-refractivity contribution in [3.63, 3.8) is 0 Å². The number of aliphatic imine (C=N–C) groups is 1. The second-order valence-electron chi connectivity index (χ2n) is 7.99. The molecule has 1 saturated heterocycles. The van der Waals surface area contributed by atoms with E-state index in [1.165, 1.54) is 22.3 Å². The second-order valence-corrected chi connectivity index (χ2v) is 7.99. The predicted octanol–water partition coefficient (Wildman–Crippen LogP) is 2.63. The van der Waals surface area contributed by atoms with Crippen molar-refractivity contribution < 1.29 is 4.74 Å². The summed E-state index contributed by atoms with van der Waals surface area (Å²) in [5.74, 6) is 0.797. The van der Waals surface area contributed by atoms with Crippen molar-refractivity contribution in [1.29, 1.82) is 0 Å². The highest BCUT2D eigenvalue weighted by atomic mass is 16.5. The summed E-state index contributed by atoms with van der Waals surface area (Å²) < 4.78 is 7.55. The molecular formula is C25H32N6O. The van der Waals surface area contributed by atoms with Gasteiger partial charge in [0.1, 0.15) is 0 Å². The molecule has 0 saturated carbocycles. The smallest absolute Gasteiger partial charge is 0.191 e. The van der Waals surface area contributed by atoms with Crippen molar-refractivity contribution in [3.8, 4) is 0 Å². The van der Waals surface area contributed by atoms with Crippen LogP contribution in [-0.4, -0.2) is 53.8 Å². The van der Waals surface area contributed by atoms with Crippen LogP contribution >= 0.6 is 0 Å². The lowest BCUT2D eigenvalue weighted by molar-refractivity contribution is 0.0341. The molecule has 3 aromatic rings. The highest BCUT2D eigenvalue weighted by Crippen LogP contribution is 2.13. The molecule has 1 fully saturated rings. The molecule has 0 radical (unpaired) electrons. The number of hydrogen-bond donors (Lipinski definition) is 2. The van der Waals surface area contributed by atoms with Gasteiger partial charge in [0.15, 0.2) is 5.96 Å². The standard InChI is InChI=1S/C25H32N6O/c1-26-25(28-16-21-5-4-6-22(15-21)18-31-10-9-27-20-31)29-17-23-7-2-3-8-24(23)19-30-11-13-32-14-12-30/h2-10,15,20H,11-14,16-19H2,1H3,(H2,26,28,29). The Kier molecular flexibility index (Phi) is 7.89. The van der Waals surface area contributed by atoms with E-state index in [0.717, 1.165) is 51.9 Å². The van der Waals surface area contributed by atoms with Crippen LogP contribution in [0.15, 0.2) is 72.2 Å². The molecule has 0 unspecified atom stereocenters. The lowest BCUT2D eigenvalue weighted by atomic mass is 10.1. The topological polar surface area (TPSA) is 66.7 Å². The number of imidazole rings is 1. The number of morpholine rings is 1. The lowest BCUT2D eigenvalue weighted by Crippen LogP contribution is -2.37. The first kappa shape index (κ1) is 22.0. The molecule has 7 heteroatoms. The van der Waals surface area contributed by atoms with E-state index in [0.29, 0.717) is 6.54 Å². The fourth-order valence-electron chi connectivity index (χ4n) is 3.90. The van der Waals surface area contributed by atoms with Gasteiger partial charge in [0.05, 0.1) is 19.5 Å². The Morgan fingerprint density at radius 3 is 2.53 bits per heavy atom. The Bertz CT molecular complexity index is 995. The number of rotatable bonds is 8. The van der Waals surface area contributed by atoms with E-state index >= 15 is 0 Å². The summed E-state index contributed by atoms with van der Waals surface area (Å²) in [7, 11) is 1.81. The van der Waals surface area contributed by atoms with E-state index in [2.05, 4.69) is 78.6 Å². The Morgan fingerprint density at radius 1 is 0.969 bits per heavy atom. The molecule has 0 aliphatic carbocycles. The Hall–Kier alpha value is -3.16. The quantitative estimate of drug-likeness (QED) is 0.423. The molecule has 1 aromatic heterocycles. The maximum absolute atomic E-state index is 5.48. The van der Waals surface area contributed by atoms with Gasteiger partial charge in [-0.05, 0) is 22.3 Å². The van der Waals surface area contributed by atoms with Gasteiger partial charge < -0.3 is 19.9 Å². The zero-order valence-corrected chi connectivity index (χ0v) is 18.7. The van der Waals surface area contributed by atoms with E-state index in [-0.39, 0.29) is 0 Å². The van der Waals surface area contributed by atoms with Gasteiger partial charge in [-0.3, -0.25) is 9.89 Å². The van der Waals surface area contributed by atoms with Crippen LogP contribution in [0, 0.1) is 0 Å². The van der Waals surface area contributed by atoms with Crippen LogP contribution in [-0.2, 0) is 30.9 Å². The normalized spacial score (nSPS) is 15.0. The van der Waals surface area contributed by atoms with Gasteiger partial charge in [-0.15, -0.1) is 0 Å². The number of benzene rings is 2. The third-order valence-electron chi connectivity index (χ3n) is 5.66. The summed E-state index contributed by atoms with van der Waals surface area (Å²) in [5.41, 5.74) is 5.12. The molecule has 0 spiro atoms. The van der Waals surface area contributed by atoms with E-state index in [9.17, 15) is 0 Å². The number of nitrogens with zero attached hydrogens (tertiary/aromatic N) is 4. The number of hydrogen-bond acceptors (Lipinski definition) is 4. The van der Waals surface area contributed by atoms with Gasteiger partial charge in [0.2, 0.25) is 0 Å². The molecule has 7 nitrogen and oxygen atoms in total. The summed E-state index contributed by atoms with van der Waals surface area (Å²) >= 11 is 0. The molecule has 2 heterocycles. The number of guanidine groups is 1. The lowest BCUT2D eigenvalue weighted by Gasteiger charge is -2.27. The molecule has 0 amide bonds. The van der Waals surface area contributed by atoms with E-state index in [1.54, 1.807) is 6.20 Å². The number of nitrogens with one attached hydrogen (secondary N) is 2. The first-order chi connectivity index (χ1) is 15.8. The zero-order valence-electron chi connectivity index (χ0n) is 18.7. The van der Waals surface area contributed by atoms with Crippen molar-refractivity contribution >= 4 is 5.96 Å². The maximum Gasteiger partial charge on any atom is 0.191 e. The third kappa shape index (κ3) is 6.42. The largest absolute Gasteiger partial charge is 0.379 e. The minimum atomic E-state index is 0.715. The zero-order chi connectivity index (χ0) is 22.0. The molecule has 32 heavy (non-hydrogen) atoms. The molecule has 2 N–H and O–H groups in total. The molecule has 0 atom stereocenters. The van der Waals surface area contributed by atoms with Gasteiger partial charge in [-0.1, -0.05) is 48.5 Å². The van der Waals surface area contributed by atoms with E-state index in [4.69, 9.17) is 4.74 Å². The first-order valence-electron chi connectivity index (χ1n) is 11.1. The SMILES string of the molecule is CN=C(NCc1cccc(Cn2ccnc2)c1)NCc1ccccc1CN1CCOCC1. The van der Waals surface area contributed by atoms with Gasteiger partial charge in [0.25, 0.3) is 0 Å². The predicted molar refractivity (Wildman–Crippen MR) is 127 cm³/mol. The van der Waals surface area contributed by atoms with Crippen LogP contribution in [0.1, 0.15) is 22.3 Å². The fraction of sp³-hybridized carbons (Fsp3) is 0.360. The van der Waals surface area contributed by atoms with Crippen molar-refractivity contribution in [2.24, 2.45) is 4.99 Å². The number of aromatic nitrogens is 2. The molecule has 0 bridgehead atoms. The minimum absolute atomic E-state index is 0.715. The third-order valence-corrected chi connectivity index (χ3v) is 5.66.